The zero-order valence-electron chi connectivity index (χ0n) is 10.3. The summed E-state index contributed by atoms with van der Waals surface area (Å²) in [5.41, 5.74) is 1.25. The Bertz CT molecular complexity index is 326. The Morgan fingerprint density at radius 1 is 1.12 bits per heavy atom. The van der Waals surface area contributed by atoms with Crippen LogP contribution in [-0.2, 0) is 11.3 Å². The van der Waals surface area contributed by atoms with Crippen molar-refractivity contribution in [2.75, 3.05) is 13.2 Å². The number of benzene rings is 1. The summed E-state index contributed by atoms with van der Waals surface area (Å²) in [5.74, 6) is 0. The first kappa shape index (κ1) is 12.3. The number of hydrogen-bond donors (Lipinski definition) is 1. The van der Waals surface area contributed by atoms with Crippen molar-refractivity contribution in [2.45, 2.75) is 31.9 Å². The molecule has 1 aromatic rings. The zero-order valence-corrected chi connectivity index (χ0v) is 10.3. The largest absolute Gasteiger partial charge is 0.377 e. The van der Waals surface area contributed by atoms with E-state index in [1.54, 1.807) is 0 Å². The quantitative estimate of drug-likeness (QED) is 0.575. The first-order chi connectivity index (χ1) is 8.45. The van der Waals surface area contributed by atoms with Gasteiger partial charge in [-0.2, -0.15) is 0 Å². The van der Waals surface area contributed by atoms with E-state index in [1.807, 2.05) is 18.2 Å². The van der Waals surface area contributed by atoms with E-state index in [0.29, 0.717) is 6.04 Å². The molecule has 0 amide bonds. The van der Waals surface area contributed by atoms with Gasteiger partial charge in [0.2, 0.25) is 0 Å². The topological polar surface area (TPSA) is 21.3 Å². The summed E-state index contributed by atoms with van der Waals surface area (Å²) in [7, 11) is 0. The fourth-order valence-corrected chi connectivity index (χ4v) is 2.03. The highest BCUT2D eigenvalue weighted by atomic mass is 16.5. The van der Waals surface area contributed by atoms with Crippen LogP contribution >= 0.6 is 0 Å². The van der Waals surface area contributed by atoms with Gasteiger partial charge in [0.05, 0.1) is 6.61 Å². The molecule has 0 atom stereocenters. The Kier molecular flexibility index (Phi) is 5.27. The van der Waals surface area contributed by atoms with Gasteiger partial charge < -0.3 is 10.1 Å². The molecular formula is C15H21NO. The second-order valence-electron chi connectivity index (χ2n) is 4.49. The van der Waals surface area contributed by atoms with Gasteiger partial charge in [0.15, 0.2) is 0 Å². The lowest BCUT2D eigenvalue weighted by Crippen LogP contribution is -2.27. The van der Waals surface area contributed by atoms with Crippen LogP contribution in [0.3, 0.4) is 0 Å². The molecule has 0 radical (unpaired) electrons. The van der Waals surface area contributed by atoms with Gasteiger partial charge in [-0.15, -0.1) is 0 Å². The average molecular weight is 231 g/mol. The van der Waals surface area contributed by atoms with Crippen LogP contribution in [0.15, 0.2) is 42.5 Å². The van der Waals surface area contributed by atoms with Crippen molar-refractivity contribution in [3.05, 3.63) is 48.0 Å². The molecule has 92 valence electrons. The number of nitrogens with one attached hydrogen (secondary N) is 1. The van der Waals surface area contributed by atoms with Crippen LogP contribution in [0.25, 0.3) is 0 Å². The van der Waals surface area contributed by atoms with E-state index in [0.717, 1.165) is 26.2 Å². The minimum atomic E-state index is 0.670. The van der Waals surface area contributed by atoms with Crippen molar-refractivity contribution < 1.29 is 4.74 Å². The maximum Gasteiger partial charge on any atom is 0.0716 e. The molecule has 0 unspecified atom stereocenters. The summed E-state index contributed by atoms with van der Waals surface area (Å²) in [6.07, 6.45) is 7.96. The standard InChI is InChI=1S/C15H21NO/c1-2-7-14(8-3-1)13-17-12-6-11-16-15-9-4-5-10-15/h1-5,7-8,15-16H,6,9-13H2. The molecule has 0 aromatic heterocycles. The first-order valence-electron chi connectivity index (χ1n) is 6.45. The summed E-state index contributed by atoms with van der Waals surface area (Å²) in [4.78, 5) is 0. The Hall–Kier alpha value is -1.12. The van der Waals surface area contributed by atoms with Crippen LogP contribution in [0.2, 0.25) is 0 Å². The average Bonchev–Trinajstić information content (AvgIpc) is 2.88. The van der Waals surface area contributed by atoms with E-state index in [9.17, 15) is 0 Å². The monoisotopic (exact) mass is 231 g/mol. The molecule has 2 rings (SSSR count). The lowest BCUT2D eigenvalue weighted by atomic mass is 10.2. The van der Waals surface area contributed by atoms with E-state index in [2.05, 4.69) is 29.6 Å². The molecule has 0 fully saturated rings. The Morgan fingerprint density at radius 2 is 1.88 bits per heavy atom. The number of rotatable bonds is 7. The van der Waals surface area contributed by atoms with E-state index in [4.69, 9.17) is 4.74 Å². The normalized spacial score (nSPS) is 15.5. The fraction of sp³-hybridized carbons (Fsp3) is 0.467. The molecule has 0 saturated heterocycles. The van der Waals surface area contributed by atoms with Crippen LogP contribution in [-0.4, -0.2) is 19.2 Å². The van der Waals surface area contributed by atoms with Crippen molar-refractivity contribution in [1.82, 2.24) is 5.32 Å². The zero-order chi connectivity index (χ0) is 11.8. The molecule has 1 aliphatic rings. The molecule has 0 aliphatic heterocycles. The molecule has 0 saturated carbocycles. The molecular weight excluding hydrogens is 210 g/mol. The Balaban J connectivity index is 1.46. The van der Waals surface area contributed by atoms with Crippen LogP contribution in [0.4, 0.5) is 0 Å². The maximum absolute atomic E-state index is 5.63. The minimum absolute atomic E-state index is 0.670. The lowest BCUT2D eigenvalue weighted by molar-refractivity contribution is 0.118. The molecule has 17 heavy (non-hydrogen) atoms. The SMILES string of the molecule is C1=CCC(NCCCOCc2ccccc2)C1. The molecule has 1 aliphatic carbocycles. The van der Waals surface area contributed by atoms with E-state index in [1.165, 1.54) is 18.4 Å². The van der Waals surface area contributed by atoms with Crippen molar-refractivity contribution >= 4 is 0 Å². The summed E-state index contributed by atoms with van der Waals surface area (Å²) >= 11 is 0. The number of hydrogen-bond acceptors (Lipinski definition) is 2. The predicted molar refractivity (Wildman–Crippen MR) is 70.9 cm³/mol. The second-order valence-corrected chi connectivity index (χ2v) is 4.49. The van der Waals surface area contributed by atoms with E-state index >= 15 is 0 Å². The number of ether oxygens (including phenoxy) is 1. The molecule has 2 heteroatoms. The summed E-state index contributed by atoms with van der Waals surface area (Å²) in [5, 5.41) is 3.54. The first-order valence-corrected chi connectivity index (χ1v) is 6.45. The van der Waals surface area contributed by atoms with Gasteiger partial charge in [0.25, 0.3) is 0 Å². The van der Waals surface area contributed by atoms with Gasteiger partial charge in [0.1, 0.15) is 0 Å². The molecule has 0 heterocycles. The molecule has 0 spiro atoms. The predicted octanol–water partition coefficient (Wildman–Crippen LogP) is 2.90. The van der Waals surface area contributed by atoms with Crippen LogP contribution in [0, 0.1) is 0 Å². The smallest absolute Gasteiger partial charge is 0.0716 e. The summed E-state index contributed by atoms with van der Waals surface area (Å²) in [6, 6.07) is 11.0. The van der Waals surface area contributed by atoms with Gasteiger partial charge in [-0.25, -0.2) is 0 Å². The van der Waals surface area contributed by atoms with Gasteiger partial charge in [0, 0.05) is 12.6 Å². The van der Waals surface area contributed by atoms with Gasteiger partial charge in [-0.3, -0.25) is 0 Å². The highest BCUT2D eigenvalue weighted by Gasteiger charge is 2.07. The van der Waals surface area contributed by atoms with Crippen molar-refractivity contribution in [2.24, 2.45) is 0 Å². The van der Waals surface area contributed by atoms with Crippen LogP contribution < -0.4 is 5.32 Å². The third-order valence-corrected chi connectivity index (χ3v) is 3.02. The Morgan fingerprint density at radius 3 is 2.65 bits per heavy atom. The summed E-state index contributed by atoms with van der Waals surface area (Å²) in [6.45, 7) is 2.62. The Labute approximate surface area is 104 Å². The van der Waals surface area contributed by atoms with Gasteiger partial charge in [-0.05, 0) is 31.4 Å². The highest BCUT2D eigenvalue weighted by molar-refractivity contribution is 5.13. The van der Waals surface area contributed by atoms with E-state index < -0.39 is 0 Å². The summed E-state index contributed by atoms with van der Waals surface area (Å²) < 4.78 is 5.63. The maximum atomic E-state index is 5.63. The van der Waals surface area contributed by atoms with E-state index in [-0.39, 0.29) is 0 Å². The molecule has 0 bridgehead atoms. The van der Waals surface area contributed by atoms with Gasteiger partial charge in [-0.1, -0.05) is 42.5 Å². The third-order valence-electron chi connectivity index (χ3n) is 3.02. The van der Waals surface area contributed by atoms with Crippen molar-refractivity contribution in [3.63, 3.8) is 0 Å². The van der Waals surface area contributed by atoms with Crippen LogP contribution in [0.1, 0.15) is 24.8 Å². The molecule has 1 aromatic carbocycles. The van der Waals surface area contributed by atoms with Crippen molar-refractivity contribution in [1.29, 1.82) is 0 Å². The molecule has 1 N–H and O–H groups in total. The fourth-order valence-electron chi connectivity index (χ4n) is 2.03. The van der Waals surface area contributed by atoms with Crippen molar-refractivity contribution in [3.8, 4) is 0 Å². The molecule has 2 nitrogen and oxygen atoms in total. The minimum Gasteiger partial charge on any atom is -0.377 e. The highest BCUT2D eigenvalue weighted by Crippen LogP contribution is 2.08. The van der Waals surface area contributed by atoms with Crippen LogP contribution in [0.5, 0.6) is 0 Å². The lowest BCUT2D eigenvalue weighted by Gasteiger charge is -2.11. The second kappa shape index (κ2) is 7.25. The third kappa shape index (κ3) is 4.72. The van der Waals surface area contributed by atoms with Gasteiger partial charge >= 0.3 is 0 Å².